The number of carbonyl (C=O) groups is 3. The highest BCUT2D eigenvalue weighted by molar-refractivity contribution is 5.97. The summed E-state index contributed by atoms with van der Waals surface area (Å²) in [4.78, 5) is 64.0. The molecule has 0 bridgehead atoms. The third kappa shape index (κ3) is 7.83. The first-order valence-electron chi connectivity index (χ1n) is 11.6. The Kier molecular flexibility index (Phi) is 10.7. The van der Waals surface area contributed by atoms with Crippen molar-refractivity contribution in [1.29, 1.82) is 0 Å². The van der Waals surface area contributed by atoms with Crippen molar-refractivity contribution in [2.24, 2.45) is 0 Å². The Bertz CT molecular complexity index is 1120. The molecule has 190 valence electrons. The number of ether oxygens (including phenoxy) is 2. The molecule has 0 spiro atoms. The number of nitrogens with zero attached hydrogens (tertiary/aromatic N) is 2. The number of nitrogen functional groups attached to an aromatic ring is 1. The quantitative estimate of drug-likeness (QED) is 0.232. The first-order valence-corrected chi connectivity index (χ1v) is 11.6. The number of anilines is 2. The third-order valence-electron chi connectivity index (χ3n) is 5.24. The summed E-state index contributed by atoms with van der Waals surface area (Å²) in [6, 6.07) is 6.13. The number of H-pyrrole nitrogens is 1. The number of unbranched alkanes of at least 4 members (excludes halogenated alkanes) is 3. The van der Waals surface area contributed by atoms with E-state index in [1.165, 1.54) is 28.8 Å². The molecule has 3 N–H and O–H groups in total. The van der Waals surface area contributed by atoms with Gasteiger partial charge in [0.05, 0.1) is 0 Å². The molecule has 0 unspecified atom stereocenters. The lowest BCUT2D eigenvalue weighted by Crippen LogP contribution is -2.43. The third-order valence-corrected chi connectivity index (χ3v) is 5.24. The van der Waals surface area contributed by atoms with Crippen LogP contribution in [0.4, 0.5) is 11.5 Å². The van der Waals surface area contributed by atoms with Crippen LogP contribution in [0.3, 0.4) is 0 Å². The number of aldehydes is 1. The average Bonchev–Trinajstić information content (AvgIpc) is 2.85. The molecule has 0 atom stereocenters. The predicted octanol–water partition coefficient (Wildman–Crippen LogP) is 1.88. The number of carbonyl (C=O) groups excluding carboxylic acids is 3. The van der Waals surface area contributed by atoms with Gasteiger partial charge in [-0.15, -0.1) is 0 Å². The Morgan fingerprint density at radius 2 is 1.74 bits per heavy atom. The normalized spacial score (nSPS) is 10.6. The van der Waals surface area contributed by atoms with E-state index in [0.717, 1.165) is 24.2 Å². The molecule has 0 aliphatic carbocycles. The van der Waals surface area contributed by atoms with Gasteiger partial charge in [-0.2, -0.15) is 0 Å². The summed E-state index contributed by atoms with van der Waals surface area (Å²) < 4.78 is 11.6. The van der Waals surface area contributed by atoms with Gasteiger partial charge in [0.2, 0.25) is 0 Å². The van der Waals surface area contributed by atoms with Crippen LogP contribution in [0.1, 0.15) is 56.3 Å². The summed E-state index contributed by atoms with van der Waals surface area (Å²) >= 11 is 0. The van der Waals surface area contributed by atoms with Crippen molar-refractivity contribution in [3.8, 4) is 5.75 Å². The van der Waals surface area contributed by atoms with E-state index in [1.807, 2.05) is 13.8 Å². The van der Waals surface area contributed by atoms with Gasteiger partial charge in [0.25, 0.3) is 11.5 Å². The molecule has 0 radical (unpaired) electrons. The largest absolute Gasteiger partial charge is 0.482 e. The lowest BCUT2D eigenvalue weighted by molar-refractivity contribution is -0.149. The van der Waals surface area contributed by atoms with Crippen molar-refractivity contribution in [2.75, 3.05) is 30.4 Å². The molecule has 2 rings (SSSR count). The van der Waals surface area contributed by atoms with E-state index < -0.39 is 36.3 Å². The molecule has 0 aliphatic heterocycles. The number of rotatable bonds is 14. The zero-order chi connectivity index (χ0) is 25.8. The molecule has 11 heteroatoms. The zero-order valence-electron chi connectivity index (χ0n) is 20.1. The molecule has 1 aromatic carbocycles. The Hall–Kier alpha value is -3.89. The van der Waals surface area contributed by atoms with Gasteiger partial charge in [0.1, 0.15) is 17.9 Å². The topological polar surface area (TPSA) is 154 Å². The molecule has 1 amide bonds. The van der Waals surface area contributed by atoms with E-state index in [1.54, 1.807) is 0 Å². The van der Waals surface area contributed by atoms with Crippen LogP contribution >= 0.6 is 0 Å². The maximum Gasteiger partial charge on any atom is 0.344 e. The second kappa shape index (κ2) is 13.7. The van der Waals surface area contributed by atoms with E-state index in [0.29, 0.717) is 37.0 Å². The molecule has 0 saturated heterocycles. The Morgan fingerprint density at radius 1 is 1.06 bits per heavy atom. The molecule has 1 heterocycles. The summed E-state index contributed by atoms with van der Waals surface area (Å²) in [6.45, 7) is 3.32. The minimum atomic E-state index is -0.791. The van der Waals surface area contributed by atoms with E-state index in [4.69, 9.17) is 15.2 Å². The van der Waals surface area contributed by atoms with Gasteiger partial charge >= 0.3 is 11.7 Å². The van der Waals surface area contributed by atoms with E-state index >= 15 is 0 Å². The van der Waals surface area contributed by atoms with Gasteiger partial charge in [-0.1, -0.05) is 33.1 Å². The van der Waals surface area contributed by atoms with Crippen LogP contribution in [0, 0.1) is 0 Å². The number of aromatic amines is 1. The van der Waals surface area contributed by atoms with Crippen LogP contribution < -0.4 is 26.6 Å². The van der Waals surface area contributed by atoms with Crippen molar-refractivity contribution in [3.05, 3.63) is 50.7 Å². The molecule has 35 heavy (non-hydrogen) atoms. The van der Waals surface area contributed by atoms with Gasteiger partial charge in [-0.25, -0.2) is 9.59 Å². The molecule has 0 fully saturated rings. The van der Waals surface area contributed by atoms with Gasteiger partial charge in [-0.3, -0.25) is 23.9 Å². The van der Waals surface area contributed by atoms with Crippen molar-refractivity contribution >= 4 is 29.7 Å². The van der Waals surface area contributed by atoms with Gasteiger partial charge in [0, 0.05) is 18.7 Å². The zero-order valence-corrected chi connectivity index (χ0v) is 20.1. The smallest absolute Gasteiger partial charge is 0.344 e. The fourth-order valence-electron chi connectivity index (χ4n) is 3.30. The van der Waals surface area contributed by atoms with Crippen LogP contribution in [-0.2, 0) is 20.9 Å². The van der Waals surface area contributed by atoms with Gasteiger partial charge < -0.3 is 20.1 Å². The Morgan fingerprint density at radius 3 is 2.37 bits per heavy atom. The minimum absolute atomic E-state index is 0.106. The van der Waals surface area contributed by atoms with Crippen molar-refractivity contribution in [1.82, 2.24) is 9.55 Å². The number of aromatic nitrogens is 2. The monoisotopic (exact) mass is 488 g/mol. The van der Waals surface area contributed by atoms with Crippen LogP contribution in [-0.4, -0.2) is 47.5 Å². The minimum Gasteiger partial charge on any atom is -0.482 e. The summed E-state index contributed by atoms with van der Waals surface area (Å²) in [5.41, 5.74) is 5.06. The van der Waals surface area contributed by atoms with Crippen molar-refractivity contribution in [3.63, 3.8) is 0 Å². The average molecular weight is 489 g/mol. The van der Waals surface area contributed by atoms with Gasteiger partial charge in [0.15, 0.2) is 18.9 Å². The van der Waals surface area contributed by atoms with E-state index in [-0.39, 0.29) is 18.1 Å². The number of nitrogens with two attached hydrogens (primary N) is 1. The SMILES string of the molecule is CCCCCN(C(=O)COC(=O)COc1ccc(C=O)cc1)c1c(N)n(CCCC)c(=O)[nH]c1=O. The number of hydrogen-bond donors (Lipinski definition) is 2. The number of nitrogens with one attached hydrogen (secondary N) is 1. The van der Waals surface area contributed by atoms with Crippen LogP contribution in [0.2, 0.25) is 0 Å². The number of esters is 1. The Labute approximate surface area is 202 Å². The lowest BCUT2D eigenvalue weighted by atomic mass is 10.2. The van der Waals surface area contributed by atoms with E-state index in [2.05, 4.69) is 4.98 Å². The summed E-state index contributed by atoms with van der Waals surface area (Å²) in [5.74, 6) is -1.19. The summed E-state index contributed by atoms with van der Waals surface area (Å²) in [7, 11) is 0. The molecular weight excluding hydrogens is 456 g/mol. The Balaban J connectivity index is 2.13. The fourth-order valence-corrected chi connectivity index (χ4v) is 3.30. The molecular formula is C24H32N4O7. The highest BCUT2D eigenvalue weighted by atomic mass is 16.6. The molecule has 0 saturated carbocycles. The van der Waals surface area contributed by atoms with Crippen LogP contribution in [0.15, 0.2) is 33.9 Å². The van der Waals surface area contributed by atoms with Crippen LogP contribution in [0.25, 0.3) is 0 Å². The van der Waals surface area contributed by atoms with Crippen molar-refractivity contribution < 1.29 is 23.9 Å². The highest BCUT2D eigenvalue weighted by Gasteiger charge is 2.25. The number of hydrogen-bond acceptors (Lipinski definition) is 8. The summed E-state index contributed by atoms with van der Waals surface area (Å²) in [6.07, 6.45) is 4.41. The van der Waals surface area contributed by atoms with Gasteiger partial charge in [-0.05, 0) is 37.1 Å². The lowest BCUT2D eigenvalue weighted by Gasteiger charge is -2.24. The second-order valence-electron chi connectivity index (χ2n) is 7.89. The first-order chi connectivity index (χ1) is 16.8. The first kappa shape index (κ1) is 27.4. The van der Waals surface area contributed by atoms with E-state index in [9.17, 15) is 24.0 Å². The summed E-state index contributed by atoms with van der Waals surface area (Å²) in [5, 5.41) is 0. The second-order valence-corrected chi connectivity index (χ2v) is 7.89. The number of amides is 1. The highest BCUT2D eigenvalue weighted by Crippen LogP contribution is 2.19. The number of benzene rings is 1. The molecule has 1 aromatic heterocycles. The maximum atomic E-state index is 13.0. The standard InChI is InChI=1S/C24H32N4O7/c1-3-5-7-13-27(21-22(25)28(12-6-4-2)24(33)26-23(21)32)19(30)15-35-20(31)16-34-18-10-8-17(14-29)9-11-18/h8-11,14H,3-7,12-13,15-16,25H2,1-2H3,(H,26,32,33). The molecule has 0 aliphatic rings. The predicted molar refractivity (Wildman–Crippen MR) is 131 cm³/mol. The maximum absolute atomic E-state index is 13.0. The fraction of sp³-hybridized carbons (Fsp3) is 0.458. The van der Waals surface area contributed by atoms with Crippen molar-refractivity contribution in [2.45, 2.75) is 52.5 Å². The molecule has 11 nitrogen and oxygen atoms in total. The van der Waals surface area contributed by atoms with Crippen LogP contribution in [0.5, 0.6) is 5.75 Å². The molecule has 2 aromatic rings.